The minimum atomic E-state index is -0.514. The Morgan fingerprint density at radius 1 is 1.15 bits per heavy atom. The molecule has 1 aromatic heterocycles. The van der Waals surface area contributed by atoms with Gasteiger partial charge in [0.25, 0.3) is 0 Å². The van der Waals surface area contributed by atoms with Gasteiger partial charge in [-0.1, -0.05) is 30.3 Å². The number of likely N-dealkylation sites (N-methyl/N-ethyl adjacent to an activating group) is 1. The number of benzene rings is 2. The Labute approximate surface area is 158 Å². The van der Waals surface area contributed by atoms with Crippen molar-refractivity contribution < 1.29 is 9.53 Å². The third-order valence-electron chi connectivity index (χ3n) is 4.72. The Kier molecular flexibility index (Phi) is 5.69. The van der Waals surface area contributed by atoms with Crippen molar-refractivity contribution in [2.24, 2.45) is 11.5 Å². The topological polar surface area (TPSA) is 94.5 Å². The van der Waals surface area contributed by atoms with E-state index in [-0.39, 0.29) is 0 Å². The normalized spacial score (nSPS) is 12.3. The van der Waals surface area contributed by atoms with E-state index >= 15 is 0 Å². The number of nitrogens with two attached hydrogens (primary N) is 2. The van der Waals surface area contributed by atoms with E-state index in [4.69, 9.17) is 16.2 Å². The molecule has 4 N–H and O–H groups in total. The molecule has 140 valence electrons. The maximum atomic E-state index is 11.2. The highest BCUT2D eigenvalue weighted by Gasteiger charge is 2.13. The lowest BCUT2D eigenvalue weighted by atomic mass is 10.0. The summed E-state index contributed by atoms with van der Waals surface area (Å²) in [6.45, 7) is 3.52. The Bertz CT molecular complexity index is 941. The molecule has 0 aliphatic rings. The Morgan fingerprint density at radius 3 is 2.52 bits per heavy atom. The van der Waals surface area contributed by atoms with Crippen molar-refractivity contribution in [3.05, 3.63) is 65.9 Å². The van der Waals surface area contributed by atoms with Crippen molar-refractivity contribution in [3.8, 4) is 11.6 Å². The minimum absolute atomic E-state index is 0.299. The van der Waals surface area contributed by atoms with Crippen molar-refractivity contribution in [1.29, 1.82) is 0 Å². The van der Waals surface area contributed by atoms with Gasteiger partial charge in [0.2, 0.25) is 11.8 Å². The lowest BCUT2D eigenvalue weighted by molar-refractivity contribution is 0.1000. The van der Waals surface area contributed by atoms with Crippen LogP contribution >= 0.6 is 0 Å². The van der Waals surface area contributed by atoms with Gasteiger partial charge in [0.1, 0.15) is 5.75 Å². The van der Waals surface area contributed by atoms with Crippen LogP contribution in [0.25, 0.3) is 10.8 Å². The molecule has 1 unspecified atom stereocenters. The first kappa shape index (κ1) is 18.8. The monoisotopic (exact) mass is 364 g/mol. The molecule has 1 amide bonds. The number of ether oxygens (including phenoxy) is 1. The molecular weight excluding hydrogens is 340 g/mol. The minimum Gasteiger partial charge on any atom is -0.438 e. The number of aromatic nitrogens is 1. The van der Waals surface area contributed by atoms with Crippen LogP contribution in [0.15, 0.2) is 54.7 Å². The van der Waals surface area contributed by atoms with Crippen LogP contribution in [0.2, 0.25) is 0 Å². The summed E-state index contributed by atoms with van der Waals surface area (Å²) < 4.78 is 5.96. The largest absolute Gasteiger partial charge is 0.438 e. The van der Waals surface area contributed by atoms with Gasteiger partial charge in [-0.3, -0.25) is 9.69 Å². The van der Waals surface area contributed by atoms with Crippen LogP contribution in [-0.4, -0.2) is 35.4 Å². The van der Waals surface area contributed by atoms with Gasteiger partial charge in [-0.2, -0.15) is 0 Å². The molecule has 6 heteroatoms. The molecule has 0 fully saturated rings. The highest BCUT2D eigenvalue weighted by Crippen LogP contribution is 2.32. The molecule has 3 rings (SSSR count). The highest BCUT2D eigenvalue weighted by molar-refractivity contribution is 5.92. The average molecular weight is 364 g/mol. The number of nitrogens with zero attached hydrogens (tertiary/aromatic N) is 2. The fourth-order valence-corrected chi connectivity index (χ4v) is 2.86. The number of hydrogen-bond donors (Lipinski definition) is 2. The fourth-order valence-electron chi connectivity index (χ4n) is 2.86. The first-order valence-electron chi connectivity index (χ1n) is 8.84. The zero-order valence-electron chi connectivity index (χ0n) is 15.6. The van der Waals surface area contributed by atoms with Gasteiger partial charge in [0, 0.05) is 36.8 Å². The number of amides is 1. The van der Waals surface area contributed by atoms with Crippen molar-refractivity contribution in [1.82, 2.24) is 9.88 Å². The van der Waals surface area contributed by atoms with E-state index in [9.17, 15) is 4.79 Å². The molecule has 6 nitrogen and oxygen atoms in total. The molecular formula is C21H24N4O2. The van der Waals surface area contributed by atoms with Crippen molar-refractivity contribution in [3.63, 3.8) is 0 Å². The molecule has 3 aromatic rings. The van der Waals surface area contributed by atoms with Crippen LogP contribution in [-0.2, 0) is 6.54 Å². The summed E-state index contributed by atoms with van der Waals surface area (Å²) in [5.74, 6) is 0.606. The zero-order valence-corrected chi connectivity index (χ0v) is 15.6. The molecule has 1 heterocycles. The second kappa shape index (κ2) is 8.16. The lowest BCUT2D eigenvalue weighted by Gasteiger charge is -2.24. The van der Waals surface area contributed by atoms with Gasteiger partial charge in [-0.25, -0.2) is 4.98 Å². The lowest BCUT2D eigenvalue weighted by Crippen LogP contribution is -2.34. The molecule has 0 aliphatic heterocycles. The second-order valence-electron chi connectivity index (χ2n) is 6.62. The number of pyridine rings is 1. The molecule has 0 radical (unpaired) electrons. The van der Waals surface area contributed by atoms with Crippen molar-refractivity contribution >= 4 is 16.7 Å². The van der Waals surface area contributed by atoms with Gasteiger partial charge in [-0.15, -0.1) is 0 Å². The summed E-state index contributed by atoms with van der Waals surface area (Å²) in [5, 5.41) is 2.13. The van der Waals surface area contributed by atoms with Gasteiger partial charge < -0.3 is 16.2 Å². The van der Waals surface area contributed by atoms with Crippen molar-refractivity contribution in [2.45, 2.75) is 19.5 Å². The summed E-state index contributed by atoms with van der Waals surface area (Å²) in [5.41, 5.74) is 12.6. The van der Waals surface area contributed by atoms with Crippen molar-refractivity contribution in [2.75, 3.05) is 13.6 Å². The quantitative estimate of drug-likeness (QED) is 0.672. The third kappa shape index (κ3) is 4.24. The van der Waals surface area contributed by atoms with E-state index in [0.717, 1.165) is 17.3 Å². The van der Waals surface area contributed by atoms with Crippen LogP contribution in [0.1, 0.15) is 22.8 Å². The average Bonchev–Trinajstić information content (AvgIpc) is 2.69. The number of carbonyl (C=O) groups is 1. The molecule has 27 heavy (non-hydrogen) atoms. The number of primary amides is 1. The standard InChI is InChI=1S/C21H24N4O2/c1-14(11-22)25(2)13-16-7-9-19(18-6-4-3-5-17(16)18)27-20-10-8-15(12-24-20)21(23)26/h3-10,12,14H,11,13,22H2,1-2H3,(H2,23,26). The first-order chi connectivity index (χ1) is 13.0. The summed E-state index contributed by atoms with van der Waals surface area (Å²) in [6, 6.07) is 15.7. The molecule has 2 aromatic carbocycles. The van der Waals surface area contributed by atoms with E-state index in [1.807, 2.05) is 24.3 Å². The van der Waals surface area contributed by atoms with Gasteiger partial charge in [0.05, 0.1) is 5.56 Å². The zero-order chi connectivity index (χ0) is 19.4. The molecule has 0 saturated carbocycles. The van der Waals surface area contributed by atoms with Crippen LogP contribution in [0, 0.1) is 0 Å². The summed E-state index contributed by atoms with van der Waals surface area (Å²) in [7, 11) is 2.07. The predicted molar refractivity (Wildman–Crippen MR) is 107 cm³/mol. The van der Waals surface area contributed by atoms with E-state index < -0.39 is 5.91 Å². The second-order valence-corrected chi connectivity index (χ2v) is 6.62. The molecule has 0 aliphatic carbocycles. The first-order valence-corrected chi connectivity index (χ1v) is 8.84. The number of fused-ring (bicyclic) bond motifs is 1. The van der Waals surface area contributed by atoms with E-state index in [2.05, 4.69) is 36.0 Å². The fraction of sp³-hybridized carbons (Fsp3) is 0.238. The van der Waals surface area contributed by atoms with E-state index in [1.54, 1.807) is 12.1 Å². The van der Waals surface area contributed by atoms with Gasteiger partial charge in [0.15, 0.2) is 0 Å². The van der Waals surface area contributed by atoms with E-state index in [0.29, 0.717) is 29.8 Å². The van der Waals surface area contributed by atoms with Crippen LogP contribution in [0.5, 0.6) is 11.6 Å². The highest BCUT2D eigenvalue weighted by atomic mass is 16.5. The van der Waals surface area contributed by atoms with Crippen LogP contribution in [0.4, 0.5) is 0 Å². The third-order valence-corrected chi connectivity index (χ3v) is 4.72. The summed E-state index contributed by atoms with van der Waals surface area (Å²) in [4.78, 5) is 17.6. The molecule has 0 saturated heterocycles. The maximum absolute atomic E-state index is 11.2. The Morgan fingerprint density at radius 2 is 1.89 bits per heavy atom. The van der Waals surface area contributed by atoms with Crippen LogP contribution in [0.3, 0.4) is 0 Å². The predicted octanol–water partition coefficient (Wildman–Crippen LogP) is 2.91. The Hall–Kier alpha value is -2.96. The molecule has 1 atom stereocenters. The molecule has 0 bridgehead atoms. The van der Waals surface area contributed by atoms with Gasteiger partial charge >= 0.3 is 0 Å². The Balaban J connectivity index is 1.91. The smallest absolute Gasteiger partial charge is 0.250 e. The SMILES string of the molecule is CC(CN)N(C)Cc1ccc(Oc2ccc(C(N)=O)cn2)c2ccccc12. The summed E-state index contributed by atoms with van der Waals surface area (Å²) in [6.07, 6.45) is 1.41. The number of carbonyl (C=O) groups excluding carboxylic acids is 1. The number of hydrogen-bond acceptors (Lipinski definition) is 5. The summed E-state index contributed by atoms with van der Waals surface area (Å²) >= 11 is 0. The number of rotatable bonds is 7. The molecule has 0 spiro atoms. The van der Waals surface area contributed by atoms with Crippen LogP contribution < -0.4 is 16.2 Å². The van der Waals surface area contributed by atoms with Gasteiger partial charge in [-0.05, 0) is 37.1 Å². The van der Waals surface area contributed by atoms with E-state index in [1.165, 1.54) is 11.8 Å². The maximum Gasteiger partial charge on any atom is 0.250 e.